The number of carbonyl (C=O) groups is 1. The molecule has 0 aliphatic rings. The number of ether oxygens (including phenoxy) is 1. The van der Waals surface area contributed by atoms with Crippen LogP contribution >= 0.6 is 11.3 Å². The Bertz CT molecular complexity index is 521. The third kappa shape index (κ3) is 4.06. The Morgan fingerprint density at radius 3 is 2.68 bits per heavy atom. The van der Waals surface area contributed by atoms with Crippen molar-refractivity contribution in [2.75, 3.05) is 11.9 Å². The van der Waals surface area contributed by atoms with Crippen LogP contribution in [-0.2, 0) is 4.79 Å². The number of hydrogen-bond acceptors (Lipinski definition) is 4. The molecule has 1 aromatic heterocycles. The summed E-state index contributed by atoms with van der Waals surface area (Å²) in [7, 11) is 0. The number of nitrogens with zero attached hydrogens (tertiary/aromatic N) is 1. The van der Waals surface area contributed by atoms with Gasteiger partial charge in [0.15, 0.2) is 11.7 Å². The van der Waals surface area contributed by atoms with Crippen LogP contribution in [0.3, 0.4) is 0 Å². The van der Waals surface area contributed by atoms with E-state index in [4.69, 9.17) is 4.74 Å². The average Bonchev–Trinajstić information content (AvgIpc) is 2.89. The molecule has 5 heteroatoms. The van der Waals surface area contributed by atoms with Crippen molar-refractivity contribution in [3.05, 3.63) is 41.4 Å². The number of anilines is 1. The molecule has 0 radical (unpaired) electrons. The summed E-state index contributed by atoms with van der Waals surface area (Å²) in [5.41, 5.74) is 1.25. The highest BCUT2D eigenvalue weighted by Gasteiger charge is 2.05. The quantitative estimate of drug-likeness (QED) is 0.911. The van der Waals surface area contributed by atoms with Crippen molar-refractivity contribution in [2.45, 2.75) is 19.8 Å². The van der Waals surface area contributed by atoms with Crippen LogP contribution in [0.25, 0.3) is 0 Å². The fourth-order valence-corrected chi connectivity index (χ4v) is 2.08. The maximum Gasteiger partial charge on any atom is 0.264 e. The summed E-state index contributed by atoms with van der Waals surface area (Å²) in [5.74, 6) is 0.976. The third-order valence-corrected chi connectivity index (χ3v) is 3.28. The standard InChI is InChI=1S/C14H16N2O2S/c1-10(2)11-3-5-12(6-4-11)18-9-13(17)16-14-15-7-8-19-14/h3-8,10H,9H2,1-2H3,(H,15,16,17). The number of hydrogen-bond donors (Lipinski definition) is 1. The molecular formula is C14H16N2O2S. The van der Waals surface area contributed by atoms with E-state index in [1.165, 1.54) is 16.9 Å². The van der Waals surface area contributed by atoms with Crippen molar-refractivity contribution in [2.24, 2.45) is 0 Å². The summed E-state index contributed by atoms with van der Waals surface area (Å²) in [4.78, 5) is 15.6. The van der Waals surface area contributed by atoms with Gasteiger partial charge in [-0.1, -0.05) is 26.0 Å². The highest BCUT2D eigenvalue weighted by atomic mass is 32.1. The van der Waals surface area contributed by atoms with Crippen molar-refractivity contribution >= 4 is 22.4 Å². The minimum Gasteiger partial charge on any atom is -0.484 e. The number of aromatic nitrogens is 1. The van der Waals surface area contributed by atoms with Crippen LogP contribution in [0.4, 0.5) is 5.13 Å². The number of amides is 1. The van der Waals surface area contributed by atoms with Crippen molar-refractivity contribution in [1.82, 2.24) is 4.98 Å². The molecule has 1 N–H and O–H groups in total. The number of carbonyl (C=O) groups excluding carboxylic acids is 1. The van der Waals surface area contributed by atoms with Gasteiger partial charge in [-0.3, -0.25) is 10.1 Å². The summed E-state index contributed by atoms with van der Waals surface area (Å²) >= 11 is 1.38. The molecule has 1 aromatic carbocycles. The first-order valence-electron chi connectivity index (χ1n) is 6.07. The van der Waals surface area contributed by atoms with Crippen LogP contribution in [0.1, 0.15) is 25.3 Å². The largest absolute Gasteiger partial charge is 0.484 e. The molecule has 2 aromatic rings. The Balaban J connectivity index is 1.83. The normalized spacial score (nSPS) is 10.5. The molecule has 0 fully saturated rings. The van der Waals surface area contributed by atoms with E-state index in [0.29, 0.717) is 16.8 Å². The van der Waals surface area contributed by atoms with Gasteiger partial charge in [0.05, 0.1) is 0 Å². The monoisotopic (exact) mass is 276 g/mol. The van der Waals surface area contributed by atoms with E-state index in [9.17, 15) is 4.79 Å². The maximum absolute atomic E-state index is 11.6. The van der Waals surface area contributed by atoms with E-state index in [-0.39, 0.29) is 12.5 Å². The molecule has 2 rings (SSSR count). The lowest BCUT2D eigenvalue weighted by molar-refractivity contribution is -0.118. The molecule has 0 saturated carbocycles. The SMILES string of the molecule is CC(C)c1ccc(OCC(=O)Nc2nccs2)cc1. The van der Waals surface area contributed by atoms with Gasteiger partial charge < -0.3 is 4.74 Å². The zero-order chi connectivity index (χ0) is 13.7. The van der Waals surface area contributed by atoms with Crippen molar-refractivity contribution in [3.8, 4) is 5.75 Å². The van der Waals surface area contributed by atoms with Crippen molar-refractivity contribution < 1.29 is 9.53 Å². The Kier molecular flexibility index (Phi) is 4.52. The second kappa shape index (κ2) is 6.33. The Morgan fingerprint density at radius 1 is 1.37 bits per heavy atom. The molecule has 1 heterocycles. The van der Waals surface area contributed by atoms with Gasteiger partial charge in [0.2, 0.25) is 0 Å². The molecule has 0 aliphatic heterocycles. The molecule has 0 aliphatic carbocycles. The van der Waals surface area contributed by atoms with Gasteiger partial charge in [-0.15, -0.1) is 11.3 Å². The lowest BCUT2D eigenvalue weighted by atomic mass is 10.0. The molecule has 0 bridgehead atoms. The van der Waals surface area contributed by atoms with Gasteiger partial charge in [-0.05, 0) is 23.6 Å². The summed E-state index contributed by atoms with van der Waals surface area (Å²) in [5, 5.41) is 5.06. The molecule has 0 unspecified atom stereocenters. The molecule has 0 spiro atoms. The van der Waals surface area contributed by atoms with Crippen LogP contribution in [0, 0.1) is 0 Å². The molecule has 100 valence electrons. The smallest absolute Gasteiger partial charge is 0.264 e. The second-order valence-corrected chi connectivity index (χ2v) is 5.29. The third-order valence-electron chi connectivity index (χ3n) is 2.60. The second-order valence-electron chi connectivity index (χ2n) is 4.40. The number of nitrogens with one attached hydrogen (secondary N) is 1. The molecule has 0 saturated heterocycles. The fraction of sp³-hybridized carbons (Fsp3) is 0.286. The summed E-state index contributed by atoms with van der Waals surface area (Å²) in [6, 6.07) is 7.79. The summed E-state index contributed by atoms with van der Waals surface area (Å²) < 4.78 is 5.42. The average molecular weight is 276 g/mol. The number of rotatable bonds is 5. The van der Waals surface area contributed by atoms with E-state index >= 15 is 0 Å². The Hall–Kier alpha value is -1.88. The Morgan fingerprint density at radius 2 is 2.11 bits per heavy atom. The van der Waals surface area contributed by atoms with Gasteiger partial charge in [0.25, 0.3) is 5.91 Å². The topological polar surface area (TPSA) is 51.2 Å². The first-order chi connectivity index (χ1) is 9.15. The predicted octanol–water partition coefficient (Wildman–Crippen LogP) is 3.28. The number of thiazole rings is 1. The minimum atomic E-state index is -0.206. The lowest BCUT2D eigenvalue weighted by Gasteiger charge is -2.08. The van der Waals surface area contributed by atoms with Crippen LogP contribution in [0.15, 0.2) is 35.8 Å². The molecule has 19 heavy (non-hydrogen) atoms. The van der Waals surface area contributed by atoms with E-state index < -0.39 is 0 Å². The summed E-state index contributed by atoms with van der Waals surface area (Å²) in [6.07, 6.45) is 1.64. The molecule has 4 nitrogen and oxygen atoms in total. The minimum absolute atomic E-state index is 0.0133. The van der Waals surface area contributed by atoms with E-state index in [1.54, 1.807) is 11.6 Å². The van der Waals surface area contributed by atoms with Crippen molar-refractivity contribution in [1.29, 1.82) is 0 Å². The maximum atomic E-state index is 11.6. The fourth-order valence-electron chi connectivity index (χ4n) is 1.54. The van der Waals surface area contributed by atoms with Crippen LogP contribution in [-0.4, -0.2) is 17.5 Å². The van der Waals surface area contributed by atoms with Gasteiger partial charge in [0, 0.05) is 11.6 Å². The number of benzene rings is 1. The van der Waals surface area contributed by atoms with Crippen molar-refractivity contribution in [3.63, 3.8) is 0 Å². The van der Waals surface area contributed by atoms with E-state index in [2.05, 4.69) is 24.1 Å². The van der Waals surface area contributed by atoms with E-state index in [1.807, 2.05) is 24.3 Å². The van der Waals surface area contributed by atoms with Gasteiger partial charge in [0.1, 0.15) is 5.75 Å². The highest BCUT2D eigenvalue weighted by molar-refractivity contribution is 7.13. The zero-order valence-corrected chi connectivity index (χ0v) is 11.7. The zero-order valence-electron chi connectivity index (χ0n) is 10.9. The van der Waals surface area contributed by atoms with Gasteiger partial charge >= 0.3 is 0 Å². The predicted molar refractivity (Wildman–Crippen MR) is 76.8 cm³/mol. The first kappa shape index (κ1) is 13.5. The van der Waals surface area contributed by atoms with Crippen LogP contribution in [0.2, 0.25) is 0 Å². The van der Waals surface area contributed by atoms with Gasteiger partial charge in [-0.25, -0.2) is 4.98 Å². The summed E-state index contributed by atoms with van der Waals surface area (Å²) in [6.45, 7) is 4.26. The lowest BCUT2D eigenvalue weighted by Crippen LogP contribution is -2.19. The highest BCUT2D eigenvalue weighted by Crippen LogP contribution is 2.18. The first-order valence-corrected chi connectivity index (χ1v) is 6.95. The molecule has 1 amide bonds. The van der Waals surface area contributed by atoms with Crippen LogP contribution in [0.5, 0.6) is 5.75 Å². The van der Waals surface area contributed by atoms with E-state index in [0.717, 1.165) is 0 Å². The van der Waals surface area contributed by atoms with Gasteiger partial charge in [-0.2, -0.15) is 0 Å². The molecular weight excluding hydrogens is 260 g/mol. The van der Waals surface area contributed by atoms with Crippen LogP contribution < -0.4 is 10.1 Å². The molecule has 0 atom stereocenters. The Labute approximate surface area is 116 Å².